The Morgan fingerprint density at radius 3 is 2.40 bits per heavy atom. The van der Waals surface area contributed by atoms with Crippen molar-refractivity contribution in [2.24, 2.45) is 0 Å². The Labute approximate surface area is 180 Å². The first-order valence-corrected chi connectivity index (χ1v) is 11.1. The number of aliphatic hydroxyl groups excluding tert-OH is 1. The summed E-state index contributed by atoms with van der Waals surface area (Å²) in [6, 6.07) is 9.20. The average Bonchev–Trinajstić information content (AvgIpc) is 2.67. The van der Waals surface area contributed by atoms with Gasteiger partial charge in [0.05, 0.1) is 27.1 Å². The Morgan fingerprint density at radius 2 is 1.83 bits per heavy atom. The molecule has 2 aromatic carbocycles. The van der Waals surface area contributed by atoms with Gasteiger partial charge in [-0.3, -0.25) is 4.79 Å². The minimum Gasteiger partial charge on any atom is -0.396 e. The highest BCUT2D eigenvalue weighted by molar-refractivity contribution is 8.00. The maximum Gasteiger partial charge on any atom is 0.426 e. The third-order valence-corrected chi connectivity index (χ3v) is 7.29. The molecule has 30 heavy (non-hydrogen) atoms. The van der Waals surface area contributed by atoms with Crippen molar-refractivity contribution in [1.82, 2.24) is 0 Å². The van der Waals surface area contributed by atoms with Crippen LogP contribution in [0.15, 0.2) is 57.2 Å². The highest BCUT2D eigenvalue weighted by Crippen LogP contribution is 2.35. The second-order valence-corrected chi connectivity index (χ2v) is 9.65. The smallest absolute Gasteiger partial charge is 0.396 e. The van der Waals surface area contributed by atoms with Crippen molar-refractivity contribution >= 4 is 44.8 Å². The van der Waals surface area contributed by atoms with E-state index in [0.717, 1.165) is 30.0 Å². The number of thioether (sulfide) groups is 1. The first-order valence-electron chi connectivity index (χ1n) is 8.30. The zero-order valence-corrected chi connectivity index (χ0v) is 17.8. The van der Waals surface area contributed by atoms with Crippen LogP contribution in [0.3, 0.4) is 0 Å². The van der Waals surface area contributed by atoms with Gasteiger partial charge in [-0.1, -0.05) is 23.7 Å². The number of alkyl halides is 3. The minimum absolute atomic E-state index is 0.0312. The molecule has 1 atom stereocenters. The average molecular weight is 484 g/mol. The van der Waals surface area contributed by atoms with Gasteiger partial charge in [-0.15, -0.1) is 11.8 Å². The van der Waals surface area contributed by atoms with E-state index in [9.17, 15) is 31.5 Å². The molecule has 0 saturated carbocycles. The second kappa shape index (κ2) is 9.15. The van der Waals surface area contributed by atoms with E-state index in [1.54, 1.807) is 12.1 Å². The van der Waals surface area contributed by atoms with Crippen molar-refractivity contribution in [2.75, 3.05) is 17.7 Å². The van der Waals surface area contributed by atoms with Gasteiger partial charge in [-0.05, 0) is 37.3 Å². The van der Waals surface area contributed by atoms with Crippen LogP contribution in [-0.4, -0.2) is 48.7 Å². The maximum absolute atomic E-state index is 13.0. The second-order valence-electron chi connectivity index (χ2n) is 6.19. The van der Waals surface area contributed by atoms with E-state index >= 15 is 0 Å². The van der Waals surface area contributed by atoms with Crippen molar-refractivity contribution in [3.05, 3.63) is 47.5 Å². The topological polar surface area (TPSA) is 104 Å². The standard InChI is InChI=1S/C18H17ClF3NO5S2/c1-17(26,18(20,21)22)16(25)23-13-7-6-11(10-12(13)19)30(27,28)15-5-3-2-4-14(15)29-9-8-24/h2-7,10,24,26H,8-9H2,1H3,(H,23,25)/t17-/m1/s1. The molecule has 6 nitrogen and oxygen atoms in total. The quantitative estimate of drug-likeness (QED) is 0.521. The third kappa shape index (κ3) is 5.09. The van der Waals surface area contributed by atoms with E-state index in [4.69, 9.17) is 16.7 Å². The molecule has 0 heterocycles. The molecule has 0 aromatic heterocycles. The Morgan fingerprint density at radius 1 is 1.20 bits per heavy atom. The molecular formula is C18H17ClF3NO5S2. The fourth-order valence-corrected chi connectivity index (χ4v) is 5.07. The number of hydrogen-bond donors (Lipinski definition) is 3. The van der Waals surface area contributed by atoms with E-state index in [-0.39, 0.29) is 39.8 Å². The lowest BCUT2D eigenvalue weighted by molar-refractivity contribution is -0.242. The largest absolute Gasteiger partial charge is 0.426 e. The molecule has 0 aliphatic rings. The number of nitrogens with one attached hydrogen (secondary N) is 1. The molecule has 0 aliphatic carbocycles. The molecule has 0 fully saturated rings. The molecule has 0 unspecified atom stereocenters. The number of carbonyl (C=O) groups is 1. The van der Waals surface area contributed by atoms with Crippen molar-refractivity contribution < 1.29 is 36.6 Å². The first kappa shape index (κ1) is 24.5. The van der Waals surface area contributed by atoms with E-state index in [1.807, 2.05) is 5.32 Å². The highest BCUT2D eigenvalue weighted by atomic mass is 35.5. The summed E-state index contributed by atoms with van der Waals surface area (Å²) >= 11 is 7.11. The maximum atomic E-state index is 13.0. The van der Waals surface area contributed by atoms with Crippen LogP contribution >= 0.6 is 23.4 Å². The van der Waals surface area contributed by atoms with E-state index in [1.165, 1.54) is 12.1 Å². The van der Waals surface area contributed by atoms with Gasteiger partial charge < -0.3 is 15.5 Å². The van der Waals surface area contributed by atoms with Crippen LogP contribution in [0.4, 0.5) is 18.9 Å². The summed E-state index contributed by atoms with van der Waals surface area (Å²) in [7, 11) is -4.05. The molecule has 2 rings (SSSR count). The molecule has 0 aliphatic heterocycles. The number of sulfone groups is 1. The summed E-state index contributed by atoms with van der Waals surface area (Å²) in [5, 5.41) is 19.9. The molecule has 3 N–H and O–H groups in total. The summed E-state index contributed by atoms with van der Waals surface area (Å²) in [5.74, 6) is -1.49. The van der Waals surface area contributed by atoms with Gasteiger partial charge in [-0.2, -0.15) is 13.2 Å². The first-order chi connectivity index (χ1) is 13.8. The van der Waals surface area contributed by atoms with Crippen molar-refractivity contribution in [2.45, 2.75) is 33.4 Å². The minimum atomic E-state index is -5.22. The highest BCUT2D eigenvalue weighted by Gasteiger charge is 2.55. The van der Waals surface area contributed by atoms with Gasteiger partial charge in [0.25, 0.3) is 5.91 Å². The SMILES string of the molecule is C[C@@](O)(C(=O)Nc1ccc(S(=O)(=O)c2ccccc2SCCO)cc1Cl)C(F)(F)F. The van der Waals surface area contributed by atoms with Crippen LogP contribution in [0.2, 0.25) is 5.02 Å². The van der Waals surface area contributed by atoms with Crippen LogP contribution < -0.4 is 5.32 Å². The van der Waals surface area contributed by atoms with Crippen LogP contribution in [0.1, 0.15) is 6.92 Å². The number of hydrogen-bond acceptors (Lipinski definition) is 6. The van der Waals surface area contributed by atoms with Gasteiger partial charge >= 0.3 is 6.18 Å². The van der Waals surface area contributed by atoms with Gasteiger partial charge in [0.1, 0.15) is 0 Å². The van der Waals surface area contributed by atoms with E-state index < -0.39 is 27.5 Å². The summed E-state index contributed by atoms with van der Waals surface area (Å²) in [5.41, 5.74) is -3.96. The number of aliphatic hydroxyl groups is 2. The Balaban J connectivity index is 2.37. The normalized spacial score (nSPS) is 14.2. The number of anilines is 1. The number of amides is 1. The lowest BCUT2D eigenvalue weighted by atomic mass is 10.1. The Hall–Kier alpha value is -1.79. The monoisotopic (exact) mass is 483 g/mol. The molecule has 12 heteroatoms. The van der Waals surface area contributed by atoms with Gasteiger partial charge in [0.15, 0.2) is 0 Å². The van der Waals surface area contributed by atoms with Crippen molar-refractivity contribution in [3.63, 3.8) is 0 Å². The molecular weight excluding hydrogens is 467 g/mol. The number of halogens is 4. The van der Waals surface area contributed by atoms with Gasteiger partial charge in [0, 0.05) is 10.6 Å². The van der Waals surface area contributed by atoms with Crippen molar-refractivity contribution in [3.8, 4) is 0 Å². The summed E-state index contributed by atoms with van der Waals surface area (Å²) < 4.78 is 64.3. The zero-order chi connectivity index (χ0) is 22.7. The van der Waals surface area contributed by atoms with E-state index in [2.05, 4.69) is 0 Å². The lowest BCUT2D eigenvalue weighted by Crippen LogP contribution is -2.52. The fraction of sp³-hybridized carbons (Fsp3) is 0.278. The van der Waals surface area contributed by atoms with Crippen molar-refractivity contribution in [1.29, 1.82) is 0 Å². The Bertz CT molecular complexity index is 1040. The van der Waals surface area contributed by atoms with Gasteiger partial charge in [0.2, 0.25) is 15.4 Å². The number of rotatable bonds is 7. The summed E-state index contributed by atoms with van der Waals surface area (Å²) in [4.78, 5) is 11.9. The Kier molecular flexibility index (Phi) is 7.46. The number of benzene rings is 2. The predicted molar refractivity (Wildman–Crippen MR) is 106 cm³/mol. The summed E-state index contributed by atoms with van der Waals surface area (Å²) in [6.45, 7) is 0.136. The van der Waals surface area contributed by atoms with Gasteiger partial charge in [-0.25, -0.2) is 8.42 Å². The van der Waals surface area contributed by atoms with Crippen LogP contribution in [0.25, 0.3) is 0 Å². The van der Waals surface area contributed by atoms with Crippen LogP contribution in [-0.2, 0) is 14.6 Å². The number of carbonyl (C=O) groups excluding carboxylic acids is 1. The molecule has 2 aromatic rings. The van der Waals surface area contributed by atoms with E-state index in [0.29, 0.717) is 4.90 Å². The molecule has 0 spiro atoms. The molecule has 0 radical (unpaired) electrons. The molecule has 164 valence electrons. The summed E-state index contributed by atoms with van der Waals surface area (Å²) in [6.07, 6.45) is -5.22. The van der Waals surface area contributed by atoms with Crippen LogP contribution in [0, 0.1) is 0 Å². The van der Waals surface area contributed by atoms with Crippen LogP contribution in [0.5, 0.6) is 0 Å². The zero-order valence-electron chi connectivity index (χ0n) is 15.4. The lowest BCUT2D eigenvalue weighted by Gasteiger charge is -2.25. The molecule has 0 bridgehead atoms. The fourth-order valence-electron chi connectivity index (χ4n) is 2.21. The predicted octanol–water partition coefficient (Wildman–Crippen LogP) is 3.51. The molecule has 0 saturated heterocycles. The third-order valence-electron chi connectivity index (χ3n) is 3.98. The molecule has 1 amide bonds.